The maximum absolute atomic E-state index is 11.3. The van der Waals surface area contributed by atoms with Crippen molar-refractivity contribution in [2.24, 2.45) is 0 Å². The van der Waals surface area contributed by atoms with Crippen LogP contribution in [-0.4, -0.2) is 16.1 Å². The lowest BCUT2D eigenvalue weighted by molar-refractivity contribution is -0.386. The van der Waals surface area contributed by atoms with Gasteiger partial charge in [-0.25, -0.2) is 0 Å². The average Bonchev–Trinajstić information content (AvgIpc) is 2.53. The fourth-order valence-corrected chi connectivity index (χ4v) is 2.12. The molecule has 2 aromatic rings. The minimum absolute atomic E-state index is 0.0289. The van der Waals surface area contributed by atoms with Gasteiger partial charge in [-0.3, -0.25) is 19.7 Å². The van der Waals surface area contributed by atoms with Crippen molar-refractivity contribution in [3.8, 4) is 11.5 Å². The normalized spacial score (nSPS) is 10.1. The van der Waals surface area contributed by atoms with Crippen LogP contribution in [0.5, 0.6) is 11.5 Å². The topological polar surface area (TPSA) is 95.7 Å². The zero-order valence-electron chi connectivity index (χ0n) is 12.5. The summed E-state index contributed by atoms with van der Waals surface area (Å²) in [5.41, 5.74) is -0.0128. The first-order valence-electron chi connectivity index (χ1n) is 6.76. The molecule has 24 heavy (non-hydrogen) atoms. The number of para-hydroxylation sites is 1. The van der Waals surface area contributed by atoms with Crippen molar-refractivity contribution >= 4 is 28.5 Å². The van der Waals surface area contributed by atoms with Gasteiger partial charge in [0.15, 0.2) is 5.75 Å². The molecule has 124 valence electrons. The van der Waals surface area contributed by atoms with Crippen LogP contribution in [0.2, 0.25) is 0 Å². The molecule has 0 aliphatic heterocycles. The monoisotopic (exact) mass is 349 g/mol. The molecule has 0 saturated carbocycles. The van der Waals surface area contributed by atoms with E-state index < -0.39 is 21.8 Å². The molecule has 0 fully saturated rings. The van der Waals surface area contributed by atoms with Crippen LogP contribution in [-0.2, 0) is 11.4 Å². The van der Waals surface area contributed by atoms with Gasteiger partial charge in [0, 0.05) is 6.92 Å². The molecule has 7 nitrogen and oxygen atoms in total. The average molecular weight is 350 g/mol. The first-order chi connectivity index (χ1) is 11.4. The molecule has 0 saturated heterocycles. The summed E-state index contributed by atoms with van der Waals surface area (Å²) < 4.78 is 10.3. The van der Waals surface area contributed by atoms with Crippen LogP contribution in [0.3, 0.4) is 0 Å². The summed E-state index contributed by atoms with van der Waals surface area (Å²) in [7, 11) is 0. The quantitative estimate of drug-likeness (QED) is 0.260. The van der Waals surface area contributed by atoms with E-state index in [-0.39, 0.29) is 17.9 Å². The molecule has 0 heterocycles. The van der Waals surface area contributed by atoms with E-state index >= 15 is 0 Å². The molecule has 0 aromatic heterocycles. The number of nitro benzene ring substituents is 1. The standard InChI is InChI=1S/C16H12ClNO6/c1-10(19)24-12-7-5-11(6-8-12)9-23-14-4-2-3-13(16(17)20)15(14)18(21)22/h2-8H,9H2,1H3. The van der Waals surface area contributed by atoms with E-state index in [9.17, 15) is 19.7 Å². The van der Waals surface area contributed by atoms with Crippen molar-refractivity contribution in [2.75, 3.05) is 0 Å². The van der Waals surface area contributed by atoms with E-state index in [4.69, 9.17) is 21.1 Å². The number of halogens is 1. The molecular formula is C16H12ClNO6. The predicted molar refractivity (Wildman–Crippen MR) is 85.4 cm³/mol. The van der Waals surface area contributed by atoms with Crippen LogP contribution in [0.25, 0.3) is 0 Å². The summed E-state index contributed by atoms with van der Waals surface area (Å²) in [5.74, 6) is -0.111. The fourth-order valence-electron chi connectivity index (χ4n) is 1.97. The summed E-state index contributed by atoms with van der Waals surface area (Å²) in [5, 5.41) is 10.2. The molecule has 0 amide bonds. The highest BCUT2D eigenvalue weighted by molar-refractivity contribution is 6.68. The number of hydrogen-bond donors (Lipinski definition) is 0. The molecule has 0 atom stereocenters. The number of hydrogen-bond acceptors (Lipinski definition) is 6. The van der Waals surface area contributed by atoms with Crippen molar-refractivity contribution in [2.45, 2.75) is 13.5 Å². The van der Waals surface area contributed by atoms with Gasteiger partial charge in [-0.2, -0.15) is 0 Å². The summed E-state index contributed by atoms with van der Waals surface area (Å²) >= 11 is 5.36. The highest BCUT2D eigenvalue weighted by atomic mass is 35.5. The van der Waals surface area contributed by atoms with Gasteiger partial charge in [0.2, 0.25) is 0 Å². The molecule has 0 bridgehead atoms. The maximum Gasteiger partial charge on any atom is 0.322 e. The van der Waals surface area contributed by atoms with Gasteiger partial charge >= 0.3 is 11.7 Å². The van der Waals surface area contributed by atoms with E-state index in [0.717, 1.165) is 0 Å². The minimum Gasteiger partial charge on any atom is -0.482 e. The Hall–Kier alpha value is -2.93. The molecular weight excluding hydrogens is 338 g/mol. The number of esters is 1. The Morgan fingerprint density at radius 2 is 1.83 bits per heavy atom. The molecule has 8 heteroatoms. The molecule has 2 aromatic carbocycles. The lowest BCUT2D eigenvalue weighted by Gasteiger charge is -2.09. The summed E-state index contributed by atoms with van der Waals surface area (Å²) in [6.45, 7) is 1.32. The van der Waals surface area contributed by atoms with Crippen LogP contribution in [0.1, 0.15) is 22.8 Å². The van der Waals surface area contributed by atoms with E-state index in [1.165, 1.54) is 25.1 Å². The fraction of sp³-hybridized carbons (Fsp3) is 0.125. The zero-order valence-corrected chi connectivity index (χ0v) is 13.3. The number of ether oxygens (including phenoxy) is 2. The van der Waals surface area contributed by atoms with Crippen molar-refractivity contribution in [3.05, 3.63) is 63.7 Å². The second-order valence-corrected chi connectivity index (χ2v) is 5.05. The van der Waals surface area contributed by atoms with Crippen molar-refractivity contribution in [3.63, 3.8) is 0 Å². The second-order valence-electron chi connectivity index (χ2n) is 4.71. The van der Waals surface area contributed by atoms with Crippen LogP contribution in [0.4, 0.5) is 5.69 Å². The number of carbonyl (C=O) groups is 2. The van der Waals surface area contributed by atoms with E-state index in [1.807, 2.05) is 0 Å². The Labute approximate surface area is 141 Å². The molecule has 2 rings (SSSR count). The molecule has 0 aliphatic rings. The number of nitro groups is 1. The molecule has 0 radical (unpaired) electrons. The van der Waals surface area contributed by atoms with Gasteiger partial charge in [0.25, 0.3) is 5.24 Å². The largest absolute Gasteiger partial charge is 0.482 e. The third kappa shape index (κ3) is 4.30. The van der Waals surface area contributed by atoms with Crippen LogP contribution in [0, 0.1) is 10.1 Å². The van der Waals surface area contributed by atoms with E-state index in [2.05, 4.69) is 0 Å². The highest BCUT2D eigenvalue weighted by Crippen LogP contribution is 2.32. The van der Waals surface area contributed by atoms with Crippen molar-refractivity contribution < 1.29 is 24.0 Å². The SMILES string of the molecule is CC(=O)Oc1ccc(COc2cccc(C(=O)Cl)c2[N+](=O)[O-])cc1. The van der Waals surface area contributed by atoms with E-state index in [1.54, 1.807) is 24.3 Å². The minimum atomic E-state index is -0.933. The van der Waals surface area contributed by atoms with Gasteiger partial charge in [-0.1, -0.05) is 18.2 Å². The van der Waals surface area contributed by atoms with Crippen LogP contribution >= 0.6 is 11.6 Å². The first kappa shape index (κ1) is 17.4. The Bertz CT molecular complexity index is 788. The smallest absolute Gasteiger partial charge is 0.322 e. The van der Waals surface area contributed by atoms with E-state index in [0.29, 0.717) is 11.3 Å². The summed E-state index contributed by atoms with van der Waals surface area (Å²) in [6.07, 6.45) is 0. The number of rotatable bonds is 6. The Morgan fingerprint density at radius 1 is 1.17 bits per heavy atom. The molecule has 0 N–H and O–H groups in total. The third-order valence-corrected chi connectivity index (χ3v) is 3.18. The first-order valence-corrected chi connectivity index (χ1v) is 7.13. The van der Waals surface area contributed by atoms with Gasteiger partial charge in [0.1, 0.15) is 17.9 Å². The predicted octanol–water partition coefficient (Wildman–Crippen LogP) is 3.48. The third-order valence-electron chi connectivity index (χ3n) is 2.97. The summed E-state index contributed by atoms with van der Waals surface area (Å²) in [6, 6.07) is 10.5. The van der Waals surface area contributed by atoms with Crippen molar-refractivity contribution in [1.29, 1.82) is 0 Å². The van der Waals surface area contributed by atoms with Gasteiger partial charge in [0.05, 0.1) is 4.92 Å². The van der Waals surface area contributed by atoms with Gasteiger partial charge < -0.3 is 9.47 Å². The van der Waals surface area contributed by atoms with Gasteiger partial charge in [-0.05, 0) is 41.4 Å². The lowest BCUT2D eigenvalue weighted by Crippen LogP contribution is -2.04. The van der Waals surface area contributed by atoms with Crippen LogP contribution in [0.15, 0.2) is 42.5 Å². The Morgan fingerprint density at radius 3 is 2.38 bits per heavy atom. The van der Waals surface area contributed by atoms with Crippen molar-refractivity contribution in [1.82, 2.24) is 0 Å². The Kier molecular flexibility index (Phi) is 5.49. The second kappa shape index (κ2) is 7.56. The number of carbonyl (C=O) groups excluding carboxylic acids is 2. The van der Waals surface area contributed by atoms with Gasteiger partial charge in [-0.15, -0.1) is 0 Å². The van der Waals surface area contributed by atoms with Crippen LogP contribution < -0.4 is 9.47 Å². The lowest BCUT2D eigenvalue weighted by atomic mass is 10.2. The zero-order chi connectivity index (χ0) is 17.7. The highest BCUT2D eigenvalue weighted by Gasteiger charge is 2.24. The Balaban J connectivity index is 2.17. The summed E-state index contributed by atoms with van der Waals surface area (Å²) in [4.78, 5) is 32.6. The molecule has 0 aliphatic carbocycles. The maximum atomic E-state index is 11.3. The molecule has 0 unspecified atom stereocenters. The number of nitrogens with zero attached hydrogens (tertiary/aromatic N) is 1. The molecule has 0 spiro atoms. The number of benzene rings is 2.